The zero-order chi connectivity index (χ0) is 7.98. The molecule has 0 aliphatic rings. The average Bonchev–Trinajstić information content (AvgIpc) is 1.82. The van der Waals surface area contributed by atoms with Gasteiger partial charge in [-0.3, -0.25) is 0 Å². The molecule has 1 unspecified atom stereocenters. The minimum absolute atomic E-state index is 0. The van der Waals surface area contributed by atoms with Gasteiger partial charge in [0, 0.05) is 12.6 Å². The van der Waals surface area contributed by atoms with Crippen LogP contribution in [0.1, 0.15) is 13.3 Å². The second-order valence-electron chi connectivity index (χ2n) is 2.88. The second kappa shape index (κ2) is 8.27. The third kappa shape index (κ3) is 10.2. The third-order valence-electron chi connectivity index (χ3n) is 1.34. The number of nitrogens with zero attached hydrogens (tertiary/aromatic N) is 1. The summed E-state index contributed by atoms with van der Waals surface area (Å²) < 4.78 is 0. The molecule has 1 atom stereocenters. The van der Waals surface area contributed by atoms with Crippen molar-refractivity contribution >= 4 is 12.4 Å². The number of likely N-dealkylation sites (N-methyl/N-ethyl adjacent to an activating group) is 1. The van der Waals surface area contributed by atoms with E-state index in [1.54, 1.807) is 0 Å². The van der Waals surface area contributed by atoms with E-state index < -0.39 is 0 Å². The molecule has 0 amide bonds. The van der Waals surface area contributed by atoms with E-state index in [1.807, 2.05) is 6.92 Å². The lowest BCUT2D eigenvalue weighted by molar-refractivity contribution is 0.315. The standard InChI is InChI=1S/C7H19N3.ClH/c1-7(9)6-10(2)5-3-4-8;/h7H,3-6,8-9H2,1-2H3;1H. The fourth-order valence-corrected chi connectivity index (χ4v) is 0.944. The number of halogens is 1. The quantitative estimate of drug-likeness (QED) is 0.630. The van der Waals surface area contributed by atoms with E-state index in [2.05, 4.69) is 11.9 Å². The van der Waals surface area contributed by atoms with Gasteiger partial charge in [0.1, 0.15) is 0 Å². The fraction of sp³-hybridized carbons (Fsp3) is 1.00. The van der Waals surface area contributed by atoms with Gasteiger partial charge in [-0.05, 0) is 33.5 Å². The normalized spacial score (nSPS) is 12.8. The summed E-state index contributed by atoms with van der Waals surface area (Å²) in [4.78, 5) is 2.21. The molecular formula is C7H20ClN3. The van der Waals surface area contributed by atoms with Crippen LogP contribution >= 0.6 is 12.4 Å². The maximum Gasteiger partial charge on any atom is 0.0139 e. The zero-order valence-electron chi connectivity index (χ0n) is 7.42. The maximum absolute atomic E-state index is 5.59. The summed E-state index contributed by atoms with van der Waals surface area (Å²) in [5.74, 6) is 0. The predicted octanol–water partition coefficient (Wildman–Crippen LogP) is 0.0360. The average molecular weight is 182 g/mol. The number of nitrogens with two attached hydrogens (primary N) is 2. The summed E-state index contributed by atoms with van der Waals surface area (Å²) in [6.07, 6.45) is 1.06. The van der Waals surface area contributed by atoms with E-state index in [-0.39, 0.29) is 18.4 Å². The number of hydrogen-bond donors (Lipinski definition) is 2. The number of rotatable bonds is 5. The lowest BCUT2D eigenvalue weighted by atomic mass is 10.3. The van der Waals surface area contributed by atoms with Gasteiger partial charge in [0.25, 0.3) is 0 Å². The molecule has 0 bridgehead atoms. The van der Waals surface area contributed by atoms with Gasteiger partial charge in [0.2, 0.25) is 0 Å². The molecule has 0 spiro atoms. The van der Waals surface area contributed by atoms with Crippen LogP contribution in [0.15, 0.2) is 0 Å². The summed E-state index contributed by atoms with van der Waals surface area (Å²) in [5, 5.41) is 0. The Labute approximate surface area is 75.5 Å². The maximum atomic E-state index is 5.59. The summed E-state index contributed by atoms with van der Waals surface area (Å²) >= 11 is 0. The van der Waals surface area contributed by atoms with Crippen molar-refractivity contribution in [3.05, 3.63) is 0 Å². The van der Waals surface area contributed by atoms with Crippen molar-refractivity contribution in [1.82, 2.24) is 4.90 Å². The van der Waals surface area contributed by atoms with E-state index in [1.165, 1.54) is 0 Å². The Morgan fingerprint density at radius 2 is 2.00 bits per heavy atom. The molecule has 3 nitrogen and oxygen atoms in total. The van der Waals surface area contributed by atoms with Crippen LogP contribution in [-0.4, -0.2) is 37.6 Å². The van der Waals surface area contributed by atoms with Crippen molar-refractivity contribution < 1.29 is 0 Å². The molecule has 0 saturated carbocycles. The van der Waals surface area contributed by atoms with Gasteiger partial charge >= 0.3 is 0 Å². The van der Waals surface area contributed by atoms with E-state index in [9.17, 15) is 0 Å². The Morgan fingerprint density at radius 1 is 1.45 bits per heavy atom. The number of hydrogen-bond acceptors (Lipinski definition) is 3. The molecule has 4 N–H and O–H groups in total. The van der Waals surface area contributed by atoms with E-state index >= 15 is 0 Å². The Kier molecular flexibility index (Phi) is 10.3. The van der Waals surface area contributed by atoms with Crippen LogP contribution in [0, 0.1) is 0 Å². The molecule has 0 aliphatic carbocycles. The van der Waals surface area contributed by atoms with Gasteiger partial charge in [0.05, 0.1) is 0 Å². The summed E-state index contributed by atoms with van der Waals surface area (Å²) in [6, 6.07) is 0.266. The third-order valence-corrected chi connectivity index (χ3v) is 1.34. The molecule has 0 rings (SSSR count). The minimum atomic E-state index is 0. The van der Waals surface area contributed by atoms with Gasteiger partial charge in [-0.15, -0.1) is 12.4 Å². The molecule has 0 aromatic carbocycles. The largest absolute Gasteiger partial charge is 0.330 e. The van der Waals surface area contributed by atoms with Crippen LogP contribution in [0.2, 0.25) is 0 Å². The molecule has 0 radical (unpaired) electrons. The molecule has 0 heterocycles. The summed E-state index contributed by atoms with van der Waals surface area (Å²) in [5.41, 5.74) is 10.9. The Hall–Kier alpha value is 0.170. The predicted molar refractivity (Wildman–Crippen MR) is 52.1 cm³/mol. The van der Waals surface area contributed by atoms with Crippen molar-refractivity contribution in [3.8, 4) is 0 Å². The van der Waals surface area contributed by atoms with Gasteiger partial charge in [-0.1, -0.05) is 0 Å². The van der Waals surface area contributed by atoms with Gasteiger partial charge in [-0.2, -0.15) is 0 Å². The molecule has 0 aromatic rings. The van der Waals surface area contributed by atoms with Crippen LogP contribution in [0.4, 0.5) is 0 Å². The van der Waals surface area contributed by atoms with Gasteiger partial charge in [0.15, 0.2) is 0 Å². The lowest BCUT2D eigenvalue weighted by Crippen LogP contribution is -2.34. The van der Waals surface area contributed by atoms with E-state index in [4.69, 9.17) is 11.5 Å². The summed E-state index contributed by atoms with van der Waals surface area (Å²) in [7, 11) is 2.07. The van der Waals surface area contributed by atoms with Crippen LogP contribution < -0.4 is 11.5 Å². The highest BCUT2D eigenvalue weighted by molar-refractivity contribution is 5.85. The molecular weight excluding hydrogens is 162 g/mol. The molecule has 4 heteroatoms. The Balaban J connectivity index is 0. The first kappa shape index (κ1) is 13.7. The molecule has 0 saturated heterocycles. The van der Waals surface area contributed by atoms with Crippen LogP contribution in [-0.2, 0) is 0 Å². The highest BCUT2D eigenvalue weighted by atomic mass is 35.5. The first-order valence-corrected chi connectivity index (χ1v) is 3.81. The van der Waals surface area contributed by atoms with Crippen LogP contribution in [0.25, 0.3) is 0 Å². The van der Waals surface area contributed by atoms with Crippen molar-refractivity contribution in [3.63, 3.8) is 0 Å². The van der Waals surface area contributed by atoms with Gasteiger partial charge in [-0.25, -0.2) is 0 Å². The first-order chi connectivity index (χ1) is 4.66. The lowest BCUT2D eigenvalue weighted by Gasteiger charge is -2.17. The first-order valence-electron chi connectivity index (χ1n) is 3.81. The van der Waals surface area contributed by atoms with Crippen molar-refractivity contribution in [2.75, 3.05) is 26.7 Å². The highest BCUT2D eigenvalue weighted by Gasteiger charge is 1.99. The molecule has 0 aromatic heterocycles. The van der Waals surface area contributed by atoms with Crippen LogP contribution in [0.5, 0.6) is 0 Å². The zero-order valence-corrected chi connectivity index (χ0v) is 8.23. The van der Waals surface area contributed by atoms with Crippen LogP contribution in [0.3, 0.4) is 0 Å². The van der Waals surface area contributed by atoms with E-state index in [0.717, 1.165) is 26.1 Å². The fourth-order valence-electron chi connectivity index (χ4n) is 0.944. The SMILES string of the molecule is CC(N)CN(C)CCCN.Cl. The highest BCUT2D eigenvalue weighted by Crippen LogP contribution is 1.86. The minimum Gasteiger partial charge on any atom is -0.330 e. The Bertz CT molecular complexity index is 78.1. The van der Waals surface area contributed by atoms with Gasteiger partial charge < -0.3 is 16.4 Å². The Morgan fingerprint density at radius 3 is 2.36 bits per heavy atom. The van der Waals surface area contributed by atoms with Crippen molar-refractivity contribution in [2.45, 2.75) is 19.4 Å². The topological polar surface area (TPSA) is 55.3 Å². The molecule has 0 fully saturated rings. The monoisotopic (exact) mass is 181 g/mol. The smallest absolute Gasteiger partial charge is 0.0139 e. The molecule has 11 heavy (non-hydrogen) atoms. The van der Waals surface area contributed by atoms with Crippen molar-refractivity contribution in [2.24, 2.45) is 11.5 Å². The van der Waals surface area contributed by atoms with E-state index in [0.29, 0.717) is 0 Å². The summed E-state index contributed by atoms with van der Waals surface area (Å²) in [6.45, 7) is 4.79. The van der Waals surface area contributed by atoms with Crippen molar-refractivity contribution in [1.29, 1.82) is 0 Å². The molecule has 0 aliphatic heterocycles. The molecule has 70 valence electrons. The second-order valence-corrected chi connectivity index (χ2v) is 2.88.